The highest BCUT2D eigenvalue weighted by Crippen LogP contribution is 2.33. The Morgan fingerprint density at radius 1 is 1.50 bits per heavy atom. The van der Waals surface area contributed by atoms with Gasteiger partial charge in [-0.25, -0.2) is 0 Å². The number of hydrogen-bond donors (Lipinski definition) is 0. The Morgan fingerprint density at radius 3 is 2.50 bits per heavy atom. The van der Waals surface area contributed by atoms with Crippen molar-refractivity contribution >= 4 is 0 Å². The average molecular weight is 140 g/mol. The normalized spacial score (nSPS) is 22.9. The first-order valence-corrected chi connectivity index (χ1v) is 4.10. The molecular formula is C9H16O. The van der Waals surface area contributed by atoms with Crippen LogP contribution in [-0.2, 0) is 4.74 Å². The quantitative estimate of drug-likeness (QED) is 0.547. The van der Waals surface area contributed by atoms with Gasteiger partial charge in [-0.2, -0.15) is 0 Å². The van der Waals surface area contributed by atoms with Gasteiger partial charge in [0.2, 0.25) is 0 Å². The van der Waals surface area contributed by atoms with E-state index in [2.05, 4.69) is 6.58 Å². The van der Waals surface area contributed by atoms with Crippen LogP contribution in [0.2, 0.25) is 0 Å². The molecule has 0 bridgehead atoms. The van der Waals surface area contributed by atoms with Crippen LogP contribution in [-0.4, -0.2) is 12.2 Å². The van der Waals surface area contributed by atoms with E-state index in [0.717, 1.165) is 6.61 Å². The predicted octanol–water partition coefficient (Wildman–Crippen LogP) is 2.52. The summed E-state index contributed by atoms with van der Waals surface area (Å²) in [4.78, 5) is 0. The van der Waals surface area contributed by atoms with E-state index in [1.54, 1.807) is 0 Å². The number of hydrogen-bond acceptors (Lipinski definition) is 1. The van der Waals surface area contributed by atoms with Gasteiger partial charge < -0.3 is 4.74 Å². The van der Waals surface area contributed by atoms with Crippen LogP contribution in [0.3, 0.4) is 0 Å². The van der Waals surface area contributed by atoms with Gasteiger partial charge in [0.25, 0.3) is 0 Å². The van der Waals surface area contributed by atoms with Crippen molar-refractivity contribution in [3.63, 3.8) is 0 Å². The van der Waals surface area contributed by atoms with E-state index in [1.165, 1.54) is 25.7 Å². The highest BCUT2D eigenvalue weighted by molar-refractivity contribution is 5.00. The van der Waals surface area contributed by atoms with Gasteiger partial charge >= 0.3 is 0 Å². The first-order valence-electron chi connectivity index (χ1n) is 4.10. The highest BCUT2D eigenvalue weighted by atomic mass is 16.5. The molecule has 1 saturated carbocycles. The SMILES string of the molecule is C=CC1(OCC)CCCC1. The fourth-order valence-electron chi connectivity index (χ4n) is 1.67. The van der Waals surface area contributed by atoms with Crippen LogP contribution in [0, 0.1) is 0 Å². The van der Waals surface area contributed by atoms with Crippen molar-refractivity contribution in [2.75, 3.05) is 6.61 Å². The van der Waals surface area contributed by atoms with Crippen LogP contribution in [0.15, 0.2) is 12.7 Å². The Labute approximate surface area is 63.1 Å². The Balaban J connectivity index is 2.49. The summed E-state index contributed by atoms with van der Waals surface area (Å²) in [6.45, 7) is 6.67. The summed E-state index contributed by atoms with van der Waals surface area (Å²) in [5, 5.41) is 0. The lowest BCUT2D eigenvalue weighted by Gasteiger charge is -2.24. The third-order valence-electron chi connectivity index (χ3n) is 2.25. The molecule has 0 radical (unpaired) electrons. The predicted molar refractivity (Wildman–Crippen MR) is 43.0 cm³/mol. The van der Waals surface area contributed by atoms with Gasteiger partial charge in [0.1, 0.15) is 0 Å². The highest BCUT2D eigenvalue weighted by Gasteiger charge is 2.30. The first-order chi connectivity index (χ1) is 4.83. The van der Waals surface area contributed by atoms with E-state index in [0.29, 0.717) is 0 Å². The zero-order valence-corrected chi connectivity index (χ0v) is 6.73. The van der Waals surface area contributed by atoms with Crippen molar-refractivity contribution in [3.8, 4) is 0 Å². The molecule has 0 saturated heterocycles. The molecule has 1 aliphatic carbocycles. The van der Waals surface area contributed by atoms with E-state index in [4.69, 9.17) is 4.74 Å². The lowest BCUT2D eigenvalue weighted by atomic mass is 10.0. The van der Waals surface area contributed by atoms with Gasteiger partial charge in [-0.1, -0.05) is 18.9 Å². The van der Waals surface area contributed by atoms with Crippen molar-refractivity contribution in [1.29, 1.82) is 0 Å². The molecule has 0 aliphatic heterocycles. The topological polar surface area (TPSA) is 9.23 Å². The maximum absolute atomic E-state index is 5.62. The summed E-state index contributed by atoms with van der Waals surface area (Å²) in [6.07, 6.45) is 6.91. The minimum atomic E-state index is 0.0503. The van der Waals surface area contributed by atoms with Gasteiger partial charge in [0.05, 0.1) is 5.60 Å². The maximum atomic E-state index is 5.62. The van der Waals surface area contributed by atoms with Crippen LogP contribution < -0.4 is 0 Å². The molecule has 0 spiro atoms. The molecule has 58 valence electrons. The standard InChI is InChI=1S/C9H16O/c1-3-9(10-4-2)7-5-6-8-9/h3H,1,4-8H2,2H3. The Morgan fingerprint density at radius 2 is 2.10 bits per heavy atom. The van der Waals surface area contributed by atoms with Gasteiger partial charge in [0.15, 0.2) is 0 Å². The summed E-state index contributed by atoms with van der Waals surface area (Å²) < 4.78 is 5.62. The van der Waals surface area contributed by atoms with Gasteiger partial charge in [-0.05, 0) is 19.8 Å². The lowest BCUT2D eigenvalue weighted by molar-refractivity contribution is 0.00512. The van der Waals surface area contributed by atoms with E-state index < -0.39 is 0 Å². The molecule has 0 atom stereocenters. The monoisotopic (exact) mass is 140 g/mol. The van der Waals surface area contributed by atoms with E-state index in [9.17, 15) is 0 Å². The molecule has 0 aromatic heterocycles. The number of rotatable bonds is 3. The third-order valence-corrected chi connectivity index (χ3v) is 2.25. The van der Waals surface area contributed by atoms with Crippen molar-refractivity contribution in [2.45, 2.75) is 38.2 Å². The molecule has 1 aliphatic rings. The Hall–Kier alpha value is -0.300. The molecule has 1 heteroatoms. The minimum absolute atomic E-state index is 0.0503. The molecule has 10 heavy (non-hydrogen) atoms. The summed E-state index contributed by atoms with van der Waals surface area (Å²) in [7, 11) is 0. The molecule has 1 rings (SSSR count). The smallest absolute Gasteiger partial charge is 0.0859 e. The van der Waals surface area contributed by atoms with E-state index >= 15 is 0 Å². The second kappa shape index (κ2) is 3.20. The minimum Gasteiger partial charge on any atom is -0.371 e. The molecule has 0 N–H and O–H groups in total. The average Bonchev–Trinajstić information content (AvgIpc) is 2.39. The molecule has 0 amide bonds. The van der Waals surface area contributed by atoms with Crippen LogP contribution >= 0.6 is 0 Å². The lowest BCUT2D eigenvalue weighted by Crippen LogP contribution is -2.25. The van der Waals surface area contributed by atoms with E-state index in [1.807, 2.05) is 13.0 Å². The first kappa shape index (κ1) is 7.80. The summed E-state index contributed by atoms with van der Waals surface area (Å²) in [6, 6.07) is 0. The Kier molecular flexibility index (Phi) is 2.50. The summed E-state index contributed by atoms with van der Waals surface area (Å²) >= 11 is 0. The fourth-order valence-corrected chi connectivity index (χ4v) is 1.67. The fraction of sp³-hybridized carbons (Fsp3) is 0.778. The zero-order chi connectivity index (χ0) is 7.45. The Bertz CT molecular complexity index is 112. The maximum Gasteiger partial charge on any atom is 0.0859 e. The van der Waals surface area contributed by atoms with Crippen molar-refractivity contribution in [1.82, 2.24) is 0 Å². The van der Waals surface area contributed by atoms with Crippen LogP contribution in [0.1, 0.15) is 32.6 Å². The molecule has 1 nitrogen and oxygen atoms in total. The molecular weight excluding hydrogens is 124 g/mol. The molecule has 0 aromatic carbocycles. The van der Waals surface area contributed by atoms with Gasteiger partial charge in [-0.15, -0.1) is 6.58 Å². The van der Waals surface area contributed by atoms with Gasteiger partial charge in [0, 0.05) is 6.61 Å². The summed E-state index contributed by atoms with van der Waals surface area (Å²) in [5.74, 6) is 0. The van der Waals surface area contributed by atoms with Gasteiger partial charge in [-0.3, -0.25) is 0 Å². The van der Waals surface area contributed by atoms with E-state index in [-0.39, 0.29) is 5.60 Å². The van der Waals surface area contributed by atoms with Crippen molar-refractivity contribution < 1.29 is 4.74 Å². The second-order valence-electron chi connectivity index (χ2n) is 2.91. The number of ether oxygens (including phenoxy) is 1. The van der Waals surface area contributed by atoms with Crippen LogP contribution in [0.25, 0.3) is 0 Å². The molecule has 0 unspecified atom stereocenters. The zero-order valence-electron chi connectivity index (χ0n) is 6.73. The van der Waals surface area contributed by atoms with Crippen molar-refractivity contribution in [3.05, 3.63) is 12.7 Å². The van der Waals surface area contributed by atoms with Crippen molar-refractivity contribution in [2.24, 2.45) is 0 Å². The largest absolute Gasteiger partial charge is 0.371 e. The van der Waals surface area contributed by atoms with Crippen LogP contribution in [0.4, 0.5) is 0 Å². The molecule has 0 aromatic rings. The third kappa shape index (κ3) is 1.40. The van der Waals surface area contributed by atoms with Crippen LogP contribution in [0.5, 0.6) is 0 Å². The molecule has 1 fully saturated rings. The molecule has 0 heterocycles. The second-order valence-corrected chi connectivity index (χ2v) is 2.91. The summed E-state index contributed by atoms with van der Waals surface area (Å²) in [5.41, 5.74) is 0.0503.